The van der Waals surface area contributed by atoms with Gasteiger partial charge in [0.2, 0.25) is 5.91 Å². The van der Waals surface area contributed by atoms with E-state index in [4.69, 9.17) is 5.53 Å². The van der Waals surface area contributed by atoms with Crippen molar-refractivity contribution in [2.75, 3.05) is 32.0 Å². The number of hydrogen-bond acceptors (Lipinski definition) is 6. The Morgan fingerprint density at radius 3 is 2.61 bits per heavy atom. The summed E-state index contributed by atoms with van der Waals surface area (Å²) >= 11 is 0. The van der Waals surface area contributed by atoms with Crippen molar-refractivity contribution in [3.63, 3.8) is 0 Å². The van der Waals surface area contributed by atoms with Crippen molar-refractivity contribution in [1.29, 1.82) is 5.53 Å². The molecule has 3 aromatic rings. The van der Waals surface area contributed by atoms with Crippen LogP contribution in [0.5, 0.6) is 0 Å². The second-order valence-electron chi connectivity index (χ2n) is 7.65. The summed E-state index contributed by atoms with van der Waals surface area (Å²) in [6, 6.07) is 12.1. The SMILES string of the molecule is CN1CCN(C(=O)c2ccc(N/C=C(\N=N)c3cc4cc(F)ccc4[nH]c3=O)cc2)CC1=O. The molecule has 10 heteroatoms. The van der Waals surface area contributed by atoms with Crippen LogP contribution in [-0.2, 0) is 4.79 Å². The third-order valence-electron chi connectivity index (χ3n) is 5.45. The zero-order chi connectivity index (χ0) is 23.5. The largest absolute Gasteiger partial charge is 0.360 e. The van der Waals surface area contributed by atoms with Crippen LogP contribution in [0.2, 0.25) is 0 Å². The summed E-state index contributed by atoms with van der Waals surface area (Å²) in [5, 5.41) is 6.85. The minimum atomic E-state index is -0.458. The highest BCUT2D eigenvalue weighted by Gasteiger charge is 2.25. The third kappa shape index (κ3) is 4.64. The quantitative estimate of drug-likeness (QED) is 0.520. The van der Waals surface area contributed by atoms with Gasteiger partial charge in [0.25, 0.3) is 11.5 Å². The zero-order valence-corrected chi connectivity index (χ0v) is 17.8. The molecular formula is C23H21FN6O3. The highest BCUT2D eigenvalue weighted by Crippen LogP contribution is 2.19. The Labute approximate surface area is 188 Å². The van der Waals surface area contributed by atoms with Gasteiger partial charge in [0, 0.05) is 48.5 Å². The number of aromatic nitrogens is 1. The van der Waals surface area contributed by atoms with Gasteiger partial charge in [0.05, 0.1) is 5.56 Å². The van der Waals surface area contributed by atoms with E-state index in [9.17, 15) is 18.8 Å². The maximum atomic E-state index is 13.5. The molecule has 0 atom stereocenters. The fourth-order valence-corrected chi connectivity index (χ4v) is 3.51. The van der Waals surface area contributed by atoms with Gasteiger partial charge in [-0.05, 0) is 48.5 Å². The smallest absolute Gasteiger partial charge is 0.258 e. The molecule has 33 heavy (non-hydrogen) atoms. The normalized spacial score (nSPS) is 14.5. The van der Waals surface area contributed by atoms with Crippen LogP contribution in [0.1, 0.15) is 15.9 Å². The van der Waals surface area contributed by atoms with E-state index in [1.165, 1.54) is 35.4 Å². The number of hydrogen-bond donors (Lipinski definition) is 3. The summed E-state index contributed by atoms with van der Waals surface area (Å²) in [5.41, 5.74) is 8.69. The van der Waals surface area contributed by atoms with Crippen LogP contribution >= 0.6 is 0 Å². The molecule has 0 unspecified atom stereocenters. The van der Waals surface area contributed by atoms with Gasteiger partial charge in [0.1, 0.15) is 18.1 Å². The monoisotopic (exact) mass is 448 g/mol. The minimum Gasteiger partial charge on any atom is -0.360 e. The lowest BCUT2D eigenvalue weighted by molar-refractivity contribution is -0.133. The summed E-state index contributed by atoms with van der Waals surface area (Å²) in [4.78, 5) is 42.7. The van der Waals surface area contributed by atoms with Gasteiger partial charge < -0.3 is 20.1 Å². The Morgan fingerprint density at radius 1 is 1.15 bits per heavy atom. The number of likely N-dealkylation sites (N-methyl/N-ethyl adjacent to an activating group) is 1. The molecule has 0 saturated carbocycles. The number of benzene rings is 2. The van der Waals surface area contributed by atoms with Crippen LogP contribution in [0.3, 0.4) is 0 Å². The first kappa shape index (κ1) is 21.9. The molecule has 9 nitrogen and oxygen atoms in total. The van der Waals surface area contributed by atoms with Gasteiger partial charge in [0.15, 0.2) is 0 Å². The molecule has 0 aliphatic carbocycles. The van der Waals surface area contributed by atoms with E-state index in [1.54, 1.807) is 36.2 Å². The van der Waals surface area contributed by atoms with Gasteiger partial charge in [-0.1, -0.05) is 0 Å². The first-order valence-corrected chi connectivity index (χ1v) is 10.2. The molecule has 2 heterocycles. The number of nitrogens with zero attached hydrogens (tertiary/aromatic N) is 3. The molecule has 2 aromatic carbocycles. The number of pyridine rings is 1. The average Bonchev–Trinajstić information content (AvgIpc) is 2.81. The number of carbonyl (C=O) groups excluding carboxylic acids is 2. The van der Waals surface area contributed by atoms with Gasteiger partial charge in [-0.15, -0.1) is 0 Å². The number of H-pyrrole nitrogens is 1. The molecule has 4 rings (SSSR count). The van der Waals surface area contributed by atoms with Crippen LogP contribution in [0, 0.1) is 11.3 Å². The molecule has 168 valence electrons. The molecule has 0 radical (unpaired) electrons. The Kier molecular flexibility index (Phi) is 5.99. The third-order valence-corrected chi connectivity index (χ3v) is 5.45. The molecule has 1 saturated heterocycles. The molecule has 1 aliphatic heterocycles. The Bertz CT molecular complexity index is 1330. The lowest BCUT2D eigenvalue weighted by Gasteiger charge is -2.32. The van der Waals surface area contributed by atoms with Crippen LogP contribution in [-0.4, -0.2) is 53.3 Å². The van der Waals surface area contributed by atoms with Gasteiger partial charge in [-0.25, -0.2) is 9.92 Å². The summed E-state index contributed by atoms with van der Waals surface area (Å²) in [6.07, 6.45) is 1.39. The first-order valence-electron chi connectivity index (χ1n) is 10.2. The zero-order valence-electron chi connectivity index (χ0n) is 17.8. The van der Waals surface area contributed by atoms with Crippen molar-refractivity contribution < 1.29 is 14.0 Å². The highest BCUT2D eigenvalue weighted by atomic mass is 19.1. The second kappa shape index (κ2) is 9.03. The van der Waals surface area contributed by atoms with Crippen LogP contribution in [0.25, 0.3) is 16.6 Å². The fourth-order valence-electron chi connectivity index (χ4n) is 3.51. The Morgan fingerprint density at radius 2 is 1.91 bits per heavy atom. The standard InChI is InChI=1S/C23H21FN6O3/c1-29-8-9-30(13-21(29)31)23(33)14-2-5-17(6-3-14)26-12-20(28-25)18-11-15-10-16(24)4-7-19(15)27-22(18)32/h2-7,10-12,25-26H,8-9,13H2,1H3,(H,27,32)/b20-12-,28-25?. The van der Waals surface area contributed by atoms with Crippen LogP contribution in [0.15, 0.2) is 64.6 Å². The molecule has 0 bridgehead atoms. The van der Waals surface area contributed by atoms with Crippen LogP contribution in [0.4, 0.5) is 10.1 Å². The Balaban J connectivity index is 1.51. The number of amides is 2. The predicted octanol–water partition coefficient (Wildman–Crippen LogP) is 3.02. The number of nitrogens with one attached hydrogen (secondary N) is 3. The van der Waals surface area contributed by atoms with Gasteiger partial charge in [-0.2, -0.15) is 5.11 Å². The topological polar surface area (TPSA) is 122 Å². The number of carbonyl (C=O) groups is 2. The molecular weight excluding hydrogens is 427 g/mol. The molecule has 0 spiro atoms. The van der Waals surface area contributed by atoms with Crippen molar-refractivity contribution in [2.24, 2.45) is 5.11 Å². The fraction of sp³-hybridized carbons (Fsp3) is 0.174. The van der Waals surface area contributed by atoms with Crippen molar-refractivity contribution >= 4 is 34.1 Å². The van der Waals surface area contributed by atoms with Gasteiger partial charge >= 0.3 is 0 Å². The minimum absolute atomic E-state index is 0.0522. The van der Waals surface area contributed by atoms with Crippen molar-refractivity contribution in [3.8, 4) is 0 Å². The average molecular weight is 448 g/mol. The summed E-state index contributed by atoms with van der Waals surface area (Å²) in [7, 11) is 1.71. The van der Waals surface area contributed by atoms with Crippen molar-refractivity contribution in [1.82, 2.24) is 14.8 Å². The van der Waals surface area contributed by atoms with E-state index < -0.39 is 11.4 Å². The molecule has 1 fully saturated rings. The second-order valence-corrected chi connectivity index (χ2v) is 7.65. The van der Waals surface area contributed by atoms with Crippen LogP contribution < -0.4 is 10.9 Å². The predicted molar refractivity (Wildman–Crippen MR) is 121 cm³/mol. The first-order chi connectivity index (χ1) is 15.9. The maximum absolute atomic E-state index is 13.5. The number of rotatable bonds is 5. The molecule has 1 aromatic heterocycles. The number of fused-ring (bicyclic) bond motifs is 1. The summed E-state index contributed by atoms with van der Waals surface area (Å²) in [5.74, 6) is -0.769. The molecule has 2 amide bonds. The molecule has 3 N–H and O–H groups in total. The van der Waals surface area contributed by atoms with E-state index in [1.807, 2.05) is 0 Å². The lowest BCUT2D eigenvalue weighted by Crippen LogP contribution is -2.50. The summed E-state index contributed by atoms with van der Waals surface area (Å²) in [6.45, 7) is 1.02. The van der Waals surface area contributed by atoms with E-state index in [0.717, 1.165) is 0 Å². The highest BCUT2D eigenvalue weighted by molar-refractivity contribution is 5.97. The van der Waals surface area contributed by atoms with Crippen molar-refractivity contribution in [2.45, 2.75) is 0 Å². The lowest BCUT2D eigenvalue weighted by atomic mass is 10.1. The maximum Gasteiger partial charge on any atom is 0.258 e. The van der Waals surface area contributed by atoms with Crippen molar-refractivity contribution in [3.05, 3.63) is 82.0 Å². The van der Waals surface area contributed by atoms with Gasteiger partial charge in [-0.3, -0.25) is 14.4 Å². The number of piperazine rings is 1. The number of aromatic amines is 1. The number of halogens is 1. The van der Waals surface area contributed by atoms with E-state index in [0.29, 0.717) is 35.2 Å². The van der Waals surface area contributed by atoms with E-state index in [2.05, 4.69) is 15.4 Å². The molecule has 1 aliphatic rings. The Hall–Kier alpha value is -4.34. The van der Waals surface area contributed by atoms with E-state index in [-0.39, 0.29) is 29.6 Å². The summed E-state index contributed by atoms with van der Waals surface area (Å²) < 4.78 is 13.5. The number of anilines is 1. The van der Waals surface area contributed by atoms with E-state index >= 15 is 0 Å².